The molecule has 0 atom stereocenters. The summed E-state index contributed by atoms with van der Waals surface area (Å²) < 4.78 is 20.1. The molecule has 3 aromatic rings. The molecule has 172 valence electrons. The number of morpholine rings is 1. The van der Waals surface area contributed by atoms with Crippen LogP contribution in [0.15, 0.2) is 53.6 Å². The Labute approximate surface area is 189 Å². The van der Waals surface area contributed by atoms with Gasteiger partial charge in [0, 0.05) is 43.6 Å². The van der Waals surface area contributed by atoms with Crippen LogP contribution in [0, 0.1) is 5.82 Å². The molecule has 8 nitrogen and oxygen atoms in total. The van der Waals surface area contributed by atoms with Gasteiger partial charge >= 0.3 is 0 Å². The zero-order chi connectivity index (χ0) is 23.5. The van der Waals surface area contributed by atoms with E-state index in [1.54, 1.807) is 31.3 Å². The Morgan fingerprint density at radius 2 is 1.91 bits per heavy atom. The van der Waals surface area contributed by atoms with Crippen molar-refractivity contribution in [2.45, 2.75) is 13.5 Å². The number of benzene rings is 1. The Kier molecular flexibility index (Phi) is 6.52. The minimum absolute atomic E-state index is 0.255. The van der Waals surface area contributed by atoms with Crippen LogP contribution in [-0.4, -0.2) is 58.3 Å². The maximum Gasteiger partial charge on any atom is 0.268 e. The van der Waals surface area contributed by atoms with Gasteiger partial charge < -0.3 is 15.2 Å². The van der Waals surface area contributed by atoms with Gasteiger partial charge in [0.2, 0.25) is 0 Å². The molecule has 0 unspecified atom stereocenters. The highest BCUT2D eigenvalue weighted by atomic mass is 19.1. The Bertz CT molecular complexity index is 1260. The number of aromatic nitrogens is 2. The molecule has 1 aliphatic heterocycles. The number of hydrogen-bond acceptors (Lipinski definition) is 6. The number of nitrogens with one attached hydrogen (secondary N) is 1. The van der Waals surface area contributed by atoms with Crippen molar-refractivity contribution in [3.63, 3.8) is 0 Å². The SMILES string of the molecule is C=C(C)NC(=O)c1c(O)c2cc(-c3ccc(F)cc3)cnc2n(CCN2CCOCC2)c1=O. The summed E-state index contributed by atoms with van der Waals surface area (Å²) in [6.07, 6.45) is 1.56. The minimum atomic E-state index is -0.737. The van der Waals surface area contributed by atoms with E-state index < -0.39 is 17.2 Å². The van der Waals surface area contributed by atoms with Crippen LogP contribution in [0.5, 0.6) is 5.75 Å². The van der Waals surface area contributed by atoms with Crippen molar-refractivity contribution in [1.29, 1.82) is 0 Å². The molecule has 9 heteroatoms. The van der Waals surface area contributed by atoms with Crippen LogP contribution in [0.3, 0.4) is 0 Å². The molecule has 1 aliphatic rings. The van der Waals surface area contributed by atoms with Crippen LogP contribution in [0.2, 0.25) is 0 Å². The lowest BCUT2D eigenvalue weighted by atomic mass is 10.0. The molecule has 2 N–H and O–H groups in total. The number of carbonyl (C=O) groups is 1. The van der Waals surface area contributed by atoms with Crippen molar-refractivity contribution in [2.24, 2.45) is 0 Å². The lowest BCUT2D eigenvalue weighted by molar-refractivity contribution is 0.0364. The van der Waals surface area contributed by atoms with E-state index in [9.17, 15) is 19.1 Å². The zero-order valence-electron chi connectivity index (χ0n) is 18.3. The molecule has 2 aromatic heterocycles. The first kappa shape index (κ1) is 22.6. The van der Waals surface area contributed by atoms with Gasteiger partial charge in [-0.3, -0.25) is 19.1 Å². The lowest BCUT2D eigenvalue weighted by Crippen LogP contribution is -2.40. The number of halogens is 1. The summed E-state index contributed by atoms with van der Waals surface area (Å²) in [5.74, 6) is -1.56. The predicted molar refractivity (Wildman–Crippen MR) is 123 cm³/mol. The Hall–Kier alpha value is -3.56. The summed E-state index contributed by atoms with van der Waals surface area (Å²) in [6, 6.07) is 7.49. The third-order valence-electron chi connectivity index (χ3n) is 5.55. The highest BCUT2D eigenvalue weighted by Crippen LogP contribution is 2.30. The molecule has 33 heavy (non-hydrogen) atoms. The lowest BCUT2D eigenvalue weighted by Gasteiger charge is -2.27. The maximum absolute atomic E-state index is 13.3. The number of hydrogen-bond donors (Lipinski definition) is 2. The number of ether oxygens (including phenoxy) is 1. The summed E-state index contributed by atoms with van der Waals surface area (Å²) in [5, 5.41) is 13.7. The summed E-state index contributed by atoms with van der Waals surface area (Å²) in [6.45, 7) is 8.80. The predicted octanol–water partition coefficient (Wildman–Crippen LogP) is 2.50. The van der Waals surface area contributed by atoms with Crippen molar-refractivity contribution < 1.29 is 19.0 Å². The van der Waals surface area contributed by atoms with Crippen molar-refractivity contribution in [3.8, 4) is 16.9 Å². The summed E-state index contributed by atoms with van der Waals surface area (Å²) in [5.41, 5.74) is 0.909. The first-order valence-corrected chi connectivity index (χ1v) is 10.6. The molecule has 1 amide bonds. The average molecular weight is 452 g/mol. The van der Waals surface area contributed by atoms with Gasteiger partial charge in [0.25, 0.3) is 11.5 Å². The number of rotatable bonds is 6. The first-order chi connectivity index (χ1) is 15.8. The smallest absolute Gasteiger partial charge is 0.268 e. The number of allylic oxidation sites excluding steroid dienone is 1. The molecule has 0 bridgehead atoms. The number of aromatic hydroxyl groups is 1. The van der Waals surface area contributed by atoms with E-state index in [-0.39, 0.29) is 29.0 Å². The molecule has 1 fully saturated rings. The van der Waals surface area contributed by atoms with Crippen LogP contribution in [0.1, 0.15) is 17.3 Å². The number of pyridine rings is 2. The Morgan fingerprint density at radius 1 is 1.21 bits per heavy atom. The van der Waals surface area contributed by atoms with E-state index in [0.29, 0.717) is 36.6 Å². The third kappa shape index (κ3) is 4.79. The highest BCUT2D eigenvalue weighted by Gasteiger charge is 2.24. The molecule has 3 heterocycles. The molecular formula is C24H25FN4O4. The van der Waals surface area contributed by atoms with Crippen molar-refractivity contribution >= 4 is 16.9 Å². The summed E-state index contributed by atoms with van der Waals surface area (Å²) in [4.78, 5) is 32.6. The molecule has 0 spiro atoms. The largest absolute Gasteiger partial charge is 0.506 e. The number of nitrogens with zero attached hydrogens (tertiary/aromatic N) is 3. The molecule has 0 aliphatic carbocycles. The van der Waals surface area contributed by atoms with E-state index >= 15 is 0 Å². The molecule has 4 rings (SSSR count). The fraction of sp³-hybridized carbons (Fsp3) is 0.292. The van der Waals surface area contributed by atoms with Crippen LogP contribution >= 0.6 is 0 Å². The Balaban J connectivity index is 1.84. The fourth-order valence-electron chi connectivity index (χ4n) is 3.85. The first-order valence-electron chi connectivity index (χ1n) is 10.6. The average Bonchev–Trinajstić information content (AvgIpc) is 2.79. The molecule has 0 saturated carbocycles. The molecular weight excluding hydrogens is 427 g/mol. The van der Waals surface area contributed by atoms with E-state index in [4.69, 9.17) is 4.74 Å². The van der Waals surface area contributed by atoms with Gasteiger partial charge in [0.05, 0.1) is 18.6 Å². The number of amides is 1. The monoisotopic (exact) mass is 452 g/mol. The van der Waals surface area contributed by atoms with Gasteiger partial charge in [-0.1, -0.05) is 18.7 Å². The Morgan fingerprint density at radius 3 is 2.58 bits per heavy atom. The summed E-state index contributed by atoms with van der Waals surface area (Å²) in [7, 11) is 0. The van der Waals surface area contributed by atoms with Crippen LogP contribution in [-0.2, 0) is 11.3 Å². The van der Waals surface area contributed by atoms with Crippen LogP contribution < -0.4 is 10.9 Å². The number of fused-ring (bicyclic) bond motifs is 1. The van der Waals surface area contributed by atoms with E-state index in [0.717, 1.165) is 13.1 Å². The topological polar surface area (TPSA) is 96.7 Å². The van der Waals surface area contributed by atoms with Crippen molar-refractivity contribution in [1.82, 2.24) is 19.8 Å². The van der Waals surface area contributed by atoms with Gasteiger partial charge in [-0.05, 0) is 30.7 Å². The number of carbonyl (C=O) groups excluding carboxylic acids is 1. The standard InChI is InChI=1S/C24H25FN4O4/c1-15(2)27-23(31)20-21(30)19-13-17(16-3-5-18(25)6-4-16)14-26-22(19)29(24(20)32)8-7-28-9-11-33-12-10-28/h3-6,13-14,30H,1,7-12H2,2H3,(H,27,31). The van der Waals surface area contributed by atoms with E-state index in [2.05, 4.69) is 21.8 Å². The molecule has 0 radical (unpaired) electrons. The van der Waals surface area contributed by atoms with Gasteiger partial charge in [-0.2, -0.15) is 0 Å². The zero-order valence-corrected chi connectivity index (χ0v) is 18.3. The van der Waals surface area contributed by atoms with Gasteiger partial charge in [-0.25, -0.2) is 9.37 Å². The second kappa shape index (κ2) is 9.51. The highest BCUT2D eigenvalue weighted by molar-refractivity contribution is 6.02. The normalized spacial score (nSPS) is 14.4. The van der Waals surface area contributed by atoms with E-state index in [1.165, 1.54) is 16.7 Å². The van der Waals surface area contributed by atoms with Crippen LogP contribution in [0.25, 0.3) is 22.2 Å². The second-order valence-electron chi connectivity index (χ2n) is 7.97. The summed E-state index contributed by atoms with van der Waals surface area (Å²) >= 11 is 0. The quantitative estimate of drug-likeness (QED) is 0.597. The van der Waals surface area contributed by atoms with Crippen LogP contribution in [0.4, 0.5) is 4.39 Å². The second-order valence-corrected chi connectivity index (χ2v) is 7.97. The maximum atomic E-state index is 13.3. The fourth-order valence-corrected chi connectivity index (χ4v) is 3.85. The third-order valence-corrected chi connectivity index (χ3v) is 5.55. The minimum Gasteiger partial charge on any atom is -0.506 e. The molecule has 1 saturated heterocycles. The van der Waals surface area contributed by atoms with Gasteiger partial charge in [0.15, 0.2) is 0 Å². The van der Waals surface area contributed by atoms with Crippen molar-refractivity contribution in [2.75, 3.05) is 32.8 Å². The van der Waals surface area contributed by atoms with Gasteiger partial charge in [-0.15, -0.1) is 0 Å². The van der Waals surface area contributed by atoms with E-state index in [1.807, 2.05) is 0 Å². The molecule has 1 aromatic carbocycles. The van der Waals surface area contributed by atoms with Crippen molar-refractivity contribution in [3.05, 3.63) is 70.5 Å². The van der Waals surface area contributed by atoms with Gasteiger partial charge in [0.1, 0.15) is 22.8 Å².